The summed E-state index contributed by atoms with van der Waals surface area (Å²) in [6.07, 6.45) is -0.384. The van der Waals surface area contributed by atoms with Crippen LogP contribution in [0.25, 0.3) is 0 Å². The van der Waals surface area contributed by atoms with Gasteiger partial charge in [0.25, 0.3) is 0 Å². The summed E-state index contributed by atoms with van der Waals surface area (Å²) in [6.45, 7) is 6.91. The molecule has 6 nitrogen and oxygen atoms in total. The second-order valence-electron chi connectivity index (χ2n) is 4.86. The van der Waals surface area contributed by atoms with Crippen molar-refractivity contribution in [2.45, 2.75) is 32.9 Å². The summed E-state index contributed by atoms with van der Waals surface area (Å²) < 4.78 is 0. The lowest BCUT2D eigenvalue weighted by molar-refractivity contribution is -0.138. The van der Waals surface area contributed by atoms with Gasteiger partial charge in [0.15, 0.2) is 0 Å². The molecule has 0 aromatic heterocycles. The summed E-state index contributed by atoms with van der Waals surface area (Å²) in [7, 11) is 0. The molecule has 0 bridgehead atoms. The number of anilines is 1. The SMILES string of the molecule is CCN(CC)Cc1cccc(NC(=O)C(N)CC(=O)O)c1. The maximum atomic E-state index is 11.8. The number of benzene rings is 1. The van der Waals surface area contributed by atoms with Gasteiger partial charge >= 0.3 is 5.97 Å². The minimum Gasteiger partial charge on any atom is -0.481 e. The van der Waals surface area contributed by atoms with Gasteiger partial charge in [0.05, 0.1) is 12.5 Å². The number of rotatable bonds is 8. The topological polar surface area (TPSA) is 95.7 Å². The van der Waals surface area contributed by atoms with Gasteiger partial charge < -0.3 is 16.2 Å². The zero-order valence-electron chi connectivity index (χ0n) is 12.5. The van der Waals surface area contributed by atoms with E-state index in [2.05, 4.69) is 24.1 Å². The van der Waals surface area contributed by atoms with Crippen LogP contribution in [0.15, 0.2) is 24.3 Å². The van der Waals surface area contributed by atoms with Crippen LogP contribution in [0, 0.1) is 0 Å². The van der Waals surface area contributed by atoms with Gasteiger partial charge in [-0.2, -0.15) is 0 Å². The molecule has 6 heteroatoms. The van der Waals surface area contributed by atoms with E-state index < -0.39 is 17.9 Å². The first-order valence-corrected chi connectivity index (χ1v) is 7.05. The fourth-order valence-electron chi connectivity index (χ4n) is 1.97. The average molecular weight is 293 g/mol. The predicted molar refractivity (Wildman–Crippen MR) is 81.9 cm³/mol. The lowest BCUT2D eigenvalue weighted by Gasteiger charge is -2.18. The molecule has 0 saturated carbocycles. The summed E-state index contributed by atoms with van der Waals surface area (Å²) in [5.41, 5.74) is 7.24. The van der Waals surface area contributed by atoms with Gasteiger partial charge in [-0.25, -0.2) is 0 Å². The quantitative estimate of drug-likeness (QED) is 0.671. The van der Waals surface area contributed by atoms with E-state index in [-0.39, 0.29) is 6.42 Å². The Morgan fingerprint density at radius 3 is 2.57 bits per heavy atom. The fraction of sp³-hybridized carbons (Fsp3) is 0.467. The highest BCUT2D eigenvalue weighted by Crippen LogP contribution is 2.13. The van der Waals surface area contributed by atoms with Gasteiger partial charge in [0.2, 0.25) is 5.91 Å². The van der Waals surface area contributed by atoms with Crippen molar-refractivity contribution < 1.29 is 14.7 Å². The molecule has 1 atom stereocenters. The summed E-state index contributed by atoms with van der Waals surface area (Å²) in [6, 6.07) is 6.44. The highest BCUT2D eigenvalue weighted by atomic mass is 16.4. The predicted octanol–water partition coefficient (Wildman–Crippen LogP) is 1.27. The zero-order chi connectivity index (χ0) is 15.8. The first-order chi connectivity index (χ1) is 9.96. The van der Waals surface area contributed by atoms with Crippen molar-refractivity contribution in [3.63, 3.8) is 0 Å². The number of amides is 1. The lowest BCUT2D eigenvalue weighted by Crippen LogP contribution is -2.37. The number of nitrogens with one attached hydrogen (secondary N) is 1. The molecular weight excluding hydrogens is 270 g/mol. The van der Waals surface area contributed by atoms with E-state index in [1.54, 1.807) is 6.07 Å². The summed E-state index contributed by atoms with van der Waals surface area (Å²) >= 11 is 0. The lowest BCUT2D eigenvalue weighted by atomic mass is 10.1. The van der Waals surface area contributed by atoms with E-state index in [4.69, 9.17) is 10.8 Å². The second-order valence-corrected chi connectivity index (χ2v) is 4.86. The molecule has 4 N–H and O–H groups in total. The van der Waals surface area contributed by atoms with Gasteiger partial charge in [-0.15, -0.1) is 0 Å². The smallest absolute Gasteiger partial charge is 0.305 e. The van der Waals surface area contributed by atoms with E-state index in [1.807, 2.05) is 18.2 Å². The molecule has 0 radical (unpaired) electrons. The van der Waals surface area contributed by atoms with Crippen LogP contribution in [0.1, 0.15) is 25.8 Å². The maximum Gasteiger partial charge on any atom is 0.305 e. The Morgan fingerprint density at radius 2 is 2.00 bits per heavy atom. The van der Waals surface area contributed by atoms with Crippen LogP contribution in [0.2, 0.25) is 0 Å². The molecule has 1 rings (SSSR count). The second kappa shape index (κ2) is 8.39. The Kier molecular flexibility index (Phi) is 6.84. The van der Waals surface area contributed by atoms with E-state index in [1.165, 1.54) is 0 Å². The molecule has 0 spiro atoms. The first-order valence-electron chi connectivity index (χ1n) is 7.05. The summed E-state index contributed by atoms with van der Waals surface area (Å²) in [5, 5.41) is 11.3. The maximum absolute atomic E-state index is 11.8. The molecular formula is C15H23N3O3. The number of nitrogens with zero attached hydrogens (tertiary/aromatic N) is 1. The molecule has 1 amide bonds. The van der Waals surface area contributed by atoms with Crippen LogP contribution < -0.4 is 11.1 Å². The van der Waals surface area contributed by atoms with Crippen LogP contribution in [-0.2, 0) is 16.1 Å². The highest BCUT2D eigenvalue weighted by molar-refractivity contribution is 5.96. The van der Waals surface area contributed by atoms with Crippen molar-refractivity contribution in [1.82, 2.24) is 4.90 Å². The summed E-state index contributed by atoms with van der Waals surface area (Å²) in [5.74, 6) is -1.58. The molecule has 116 valence electrons. The molecule has 21 heavy (non-hydrogen) atoms. The first kappa shape index (κ1) is 17.1. The molecule has 1 unspecified atom stereocenters. The molecule has 0 fully saturated rings. The monoisotopic (exact) mass is 293 g/mol. The Labute approximate surface area is 124 Å². The molecule has 1 aromatic carbocycles. The van der Waals surface area contributed by atoms with Gasteiger partial charge in [-0.3, -0.25) is 14.5 Å². The standard InChI is InChI=1S/C15H23N3O3/c1-3-18(4-2)10-11-6-5-7-12(8-11)17-15(21)13(16)9-14(19)20/h5-8,13H,3-4,9-10,16H2,1-2H3,(H,17,21)(H,19,20). The third-order valence-corrected chi connectivity index (χ3v) is 3.23. The molecule has 0 aliphatic rings. The molecule has 0 saturated heterocycles. The summed E-state index contributed by atoms with van der Waals surface area (Å²) in [4.78, 5) is 24.6. The van der Waals surface area contributed by atoms with Crippen molar-refractivity contribution in [2.75, 3.05) is 18.4 Å². The minimum atomic E-state index is -1.09. The number of carboxylic acids is 1. The Bertz CT molecular complexity index is 487. The largest absolute Gasteiger partial charge is 0.481 e. The van der Waals surface area contributed by atoms with Gasteiger partial charge in [0.1, 0.15) is 0 Å². The Balaban J connectivity index is 2.67. The Hall–Kier alpha value is -1.92. The minimum absolute atomic E-state index is 0.384. The van der Waals surface area contributed by atoms with Crippen LogP contribution in [-0.4, -0.2) is 41.0 Å². The van der Waals surface area contributed by atoms with Gasteiger partial charge in [-0.1, -0.05) is 26.0 Å². The molecule has 0 aliphatic heterocycles. The van der Waals surface area contributed by atoms with Gasteiger partial charge in [-0.05, 0) is 30.8 Å². The Morgan fingerprint density at radius 1 is 1.33 bits per heavy atom. The number of hydrogen-bond donors (Lipinski definition) is 3. The highest BCUT2D eigenvalue weighted by Gasteiger charge is 2.17. The number of aliphatic carboxylic acids is 1. The van der Waals surface area contributed by atoms with Crippen LogP contribution in [0.4, 0.5) is 5.69 Å². The van der Waals surface area contributed by atoms with Crippen LogP contribution >= 0.6 is 0 Å². The third-order valence-electron chi connectivity index (χ3n) is 3.23. The van der Waals surface area contributed by atoms with E-state index in [9.17, 15) is 9.59 Å². The number of hydrogen-bond acceptors (Lipinski definition) is 4. The number of nitrogens with two attached hydrogens (primary N) is 1. The molecule has 0 heterocycles. The number of carboxylic acid groups (broad SMARTS) is 1. The van der Waals surface area contributed by atoms with Gasteiger partial charge in [0, 0.05) is 12.2 Å². The van der Waals surface area contributed by atoms with Crippen molar-refractivity contribution >= 4 is 17.6 Å². The fourth-order valence-corrected chi connectivity index (χ4v) is 1.97. The van der Waals surface area contributed by atoms with Crippen molar-refractivity contribution in [3.05, 3.63) is 29.8 Å². The van der Waals surface area contributed by atoms with E-state index in [0.29, 0.717) is 5.69 Å². The molecule has 1 aromatic rings. The average Bonchev–Trinajstić information content (AvgIpc) is 2.44. The number of carbonyl (C=O) groups excluding carboxylic acids is 1. The normalized spacial score (nSPS) is 12.2. The van der Waals surface area contributed by atoms with Crippen molar-refractivity contribution in [1.29, 1.82) is 0 Å². The van der Waals surface area contributed by atoms with Crippen LogP contribution in [0.3, 0.4) is 0 Å². The van der Waals surface area contributed by atoms with Crippen LogP contribution in [0.5, 0.6) is 0 Å². The van der Waals surface area contributed by atoms with E-state index >= 15 is 0 Å². The zero-order valence-corrected chi connectivity index (χ0v) is 12.5. The van der Waals surface area contributed by atoms with E-state index in [0.717, 1.165) is 25.2 Å². The molecule has 0 aliphatic carbocycles. The van der Waals surface area contributed by atoms with Crippen molar-refractivity contribution in [2.24, 2.45) is 5.73 Å². The number of carbonyl (C=O) groups is 2. The third kappa shape index (κ3) is 5.93. The van der Waals surface area contributed by atoms with Crippen molar-refractivity contribution in [3.8, 4) is 0 Å².